The van der Waals surface area contributed by atoms with Crippen LogP contribution in [0, 0.1) is 16.0 Å². The Kier molecular flexibility index (Phi) is 3.28. The van der Waals surface area contributed by atoms with E-state index in [1.54, 1.807) is 0 Å². The Balaban J connectivity index is 1.95. The lowest BCUT2D eigenvalue weighted by atomic mass is 10.1. The van der Waals surface area contributed by atoms with Crippen LogP contribution < -0.4 is 14.8 Å². The van der Waals surface area contributed by atoms with Crippen LogP contribution in [0.4, 0.5) is 11.4 Å². The lowest BCUT2D eigenvalue weighted by Crippen LogP contribution is -2.31. The van der Waals surface area contributed by atoms with Crippen molar-refractivity contribution < 1.29 is 24.3 Å². The lowest BCUT2D eigenvalue weighted by Gasteiger charge is -2.21. The van der Waals surface area contributed by atoms with Gasteiger partial charge in [-0.3, -0.25) is 10.1 Å². The third-order valence-electron chi connectivity index (χ3n) is 3.53. The second-order valence-electron chi connectivity index (χ2n) is 5.07. The van der Waals surface area contributed by atoms with E-state index in [9.17, 15) is 20.0 Å². The molecule has 2 N–H and O–H groups in total. The number of anilines is 1. The van der Waals surface area contributed by atoms with Gasteiger partial charge < -0.3 is 19.9 Å². The second-order valence-corrected chi connectivity index (χ2v) is 5.07. The van der Waals surface area contributed by atoms with E-state index in [4.69, 9.17) is 9.47 Å². The number of carboxylic acids is 1. The number of rotatable bonds is 5. The first kappa shape index (κ1) is 13.5. The SMILES string of the molecule is O=C(O)C(Nc1cc2c(cc1[N+](=O)[O-])OCCO2)C1CC1. The number of benzene rings is 1. The van der Waals surface area contributed by atoms with Gasteiger partial charge in [-0.2, -0.15) is 0 Å². The predicted octanol–water partition coefficient (Wildman–Crippen LogP) is 1.64. The maximum Gasteiger partial charge on any atom is 0.326 e. The molecule has 1 aromatic carbocycles. The maximum absolute atomic E-state index is 11.3. The Morgan fingerprint density at radius 2 is 1.95 bits per heavy atom. The Hall–Kier alpha value is -2.51. The number of hydrogen-bond donors (Lipinski definition) is 2. The fourth-order valence-corrected chi connectivity index (χ4v) is 2.32. The van der Waals surface area contributed by atoms with E-state index in [0.717, 1.165) is 12.8 Å². The highest BCUT2D eigenvalue weighted by Crippen LogP contribution is 2.41. The second kappa shape index (κ2) is 5.12. The highest BCUT2D eigenvalue weighted by Gasteiger charge is 2.37. The molecule has 0 amide bonds. The smallest absolute Gasteiger partial charge is 0.326 e. The minimum absolute atomic E-state index is 0.00954. The van der Waals surface area contributed by atoms with Crippen LogP contribution in [-0.4, -0.2) is 35.3 Å². The molecular formula is C13H14N2O6. The first-order chi connectivity index (χ1) is 10.1. The fraction of sp³-hybridized carbons (Fsp3) is 0.462. The average molecular weight is 294 g/mol. The first-order valence-electron chi connectivity index (χ1n) is 6.63. The molecule has 1 fully saturated rings. The zero-order chi connectivity index (χ0) is 15.0. The van der Waals surface area contributed by atoms with Gasteiger partial charge in [-0.05, 0) is 18.8 Å². The number of nitro groups is 1. The Bertz CT molecular complexity index is 599. The third kappa shape index (κ3) is 2.69. The van der Waals surface area contributed by atoms with Gasteiger partial charge in [0.2, 0.25) is 0 Å². The van der Waals surface area contributed by atoms with Gasteiger partial charge in [-0.25, -0.2) is 4.79 Å². The van der Waals surface area contributed by atoms with Crippen LogP contribution in [0.3, 0.4) is 0 Å². The molecule has 0 aromatic heterocycles. The summed E-state index contributed by atoms with van der Waals surface area (Å²) < 4.78 is 10.7. The minimum Gasteiger partial charge on any atom is -0.486 e. The number of carbonyl (C=O) groups is 1. The predicted molar refractivity (Wildman–Crippen MR) is 71.9 cm³/mol. The average Bonchev–Trinajstić information content (AvgIpc) is 3.27. The van der Waals surface area contributed by atoms with E-state index in [0.29, 0.717) is 24.7 Å². The summed E-state index contributed by atoms with van der Waals surface area (Å²) in [7, 11) is 0. The quantitative estimate of drug-likeness (QED) is 0.627. The van der Waals surface area contributed by atoms with Crippen LogP contribution >= 0.6 is 0 Å². The van der Waals surface area contributed by atoms with E-state index in [1.807, 2.05) is 0 Å². The van der Waals surface area contributed by atoms with Gasteiger partial charge in [-0.15, -0.1) is 0 Å². The van der Waals surface area contributed by atoms with Gasteiger partial charge in [-0.1, -0.05) is 0 Å². The molecule has 21 heavy (non-hydrogen) atoms. The zero-order valence-electron chi connectivity index (χ0n) is 11.1. The van der Waals surface area contributed by atoms with Crippen LogP contribution in [0.5, 0.6) is 11.5 Å². The fourth-order valence-electron chi connectivity index (χ4n) is 2.32. The monoisotopic (exact) mass is 294 g/mol. The van der Waals surface area contributed by atoms with Crippen molar-refractivity contribution in [2.45, 2.75) is 18.9 Å². The van der Waals surface area contributed by atoms with Crippen LogP contribution in [0.2, 0.25) is 0 Å². The van der Waals surface area contributed by atoms with Gasteiger partial charge >= 0.3 is 5.97 Å². The number of aliphatic carboxylic acids is 1. The van der Waals surface area contributed by atoms with Crippen molar-refractivity contribution in [1.82, 2.24) is 0 Å². The molecule has 112 valence electrons. The van der Waals surface area contributed by atoms with Gasteiger partial charge in [0.25, 0.3) is 5.69 Å². The molecular weight excluding hydrogens is 280 g/mol. The number of nitro benzene ring substituents is 1. The minimum atomic E-state index is -1.01. The summed E-state index contributed by atoms with van der Waals surface area (Å²) in [5.41, 5.74) is -0.0744. The molecule has 1 atom stereocenters. The number of carboxylic acid groups (broad SMARTS) is 1. The summed E-state index contributed by atoms with van der Waals surface area (Å²) in [5, 5.41) is 23.2. The van der Waals surface area contributed by atoms with E-state index in [1.165, 1.54) is 12.1 Å². The Morgan fingerprint density at radius 3 is 2.48 bits per heavy atom. The highest BCUT2D eigenvalue weighted by atomic mass is 16.6. The van der Waals surface area contributed by atoms with Crippen LogP contribution in [0.25, 0.3) is 0 Å². The van der Waals surface area contributed by atoms with E-state index in [2.05, 4.69) is 5.32 Å². The topological polar surface area (TPSA) is 111 Å². The number of hydrogen-bond acceptors (Lipinski definition) is 6. The number of fused-ring (bicyclic) bond motifs is 1. The van der Waals surface area contributed by atoms with Crippen molar-refractivity contribution >= 4 is 17.3 Å². The van der Waals surface area contributed by atoms with E-state index < -0.39 is 16.9 Å². The van der Waals surface area contributed by atoms with Crippen LogP contribution in [-0.2, 0) is 4.79 Å². The summed E-state index contributed by atoms with van der Waals surface area (Å²) in [6, 6.07) is 1.87. The summed E-state index contributed by atoms with van der Waals surface area (Å²) in [6.07, 6.45) is 1.62. The maximum atomic E-state index is 11.3. The van der Waals surface area contributed by atoms with Gasteiger partial charge in [0.15, 0.2) is 11.5 Å². The molecule has 0 spiro atoms. The van der Waals surface area contributed by atoms with Gasteiger partial charge in [0.1, 0.15) is 24.9 Å². The molecule has 0 radical (unpaired) electrons. The standard InChI is InChI=1S/C13H14N2O6/c16-13(17)12(7-1-2-7)14-8-5-10-11(21-4-3-20-10)6-9(8)15(18)19/h5-7,12,14H,1-4H2,(H,16,17). The number of ether oxygens (including phenoxy) is 2. The third-order valence-corrected chi connectivity index (χ3v) is 3.53. The molecule has 1 unspecified atom stereocenters. The number of nitrogens with zero attached hydrogens (tertiary/aromatic N) is 1. The molecule has 0 bridgehead atoms. The summed E-state index contributed by atoms with van der Waals surface area (Å²) in [4.78, 5) is 21.9. The molecule has 1 aromatic rings. The van der Waals surface area contributed by atoms with Crippen molar-refractivity contribution in [3.05, 3.63) is 22.2 Å². The van der Waals surface area contributed by atoms with Crippen molar-refractivity contribution in [1.29, 1.82) is 0 Å². The molecule has 0 saturated heterocycles. The molecule has 3 rings (SSSR count). The van der Waals surface area contributed by atoms with E-state index >= 15 is 0 Å². The molecule has 1 aliphatic carbocycles. The molecule has 1 heterocycles. The zero-order valence-corrected chi connectivity index (χ0v) is 11.1. The largest absolute Gasteiger partial charge is 0.486 e. The molecule has 8 nitrogen and oxygen atoms in total. The van der Waals surface area contributed by atoms with Gasteiger partial charge in [0, 0.05) is 6.07 Å². The summed E-state index contributed by atoms with van der Waals surface area (Å²) in [5.74, 6) is -0.317. The molecule has 1 saturated carbocycles. The van der Waals surface area contributed by atoms with Gasteiger partial charge in [0.05, 0.1) is 11.0 Å². The Morgan fingerprint density at radius 1 is 1.33 bits per heavy atom. The van der Waals surface area contributed by atoms with Crippen molar-refractivity contribution in [2.75, 3.05) is 18.5 Å². The highest BCUT2D eigenvalue weighted by molar-refractivity contribution is 5.80. The van der Waals surface area contributed by atoms with Crippen molar-refractivity contribution in [3.8, 4) is 11.5 Å². The lowest BCUT2D eigenvalue weighted by molar-refractivity contribution is -0.384. The van der Waals surface area contributed by atoms with Crippen molar-refractivity contribution in [3.63, 3.8) is 0 Å². The molecule has 2 aliphatic rings. The summed E-state index contributed by atoms with van der Waals surface area (Å²) in [6.45, 7) is 0.686. The number of nitrogens with one attached hydrogen (secondary N) is 1. The van der Waals surface area contributed by atoms with Crippen LogP contribution in [0.15, 0.2) is 12.1 Å². The van der Waals surface area contributed by atoms with Crippen molar-refractivity contribution in [2.24, 2.45) is 5.92 Å². The normalized spacial score (nSPS) is 17.9. The molecule has 1 aliphatic heterocycles. The van der Waals surface area contributed by atoms with E-state index in [-0.39, 0.29) is 17.3 Å². The van der Waals surface area contributed by atoms with Crippen LogP contribution in [0.1, 0.15) is 12.8 Å². The summed E-state index contributed by atoms with van der Waals surface area (Å²) >= 11 is 0. The molecule has 8 heteroatoms. The first-order valence-corrected chi connectivity index (χ1v) is 6.63. The Labute approximate surface area is 119 Å².